The third kappa shape index (κ3) is 3.77. The Labute approximate surface area is 161 Å². The lowest BCUT2D eigenvalue weighted by Gasteiger charge is -2.15. The average molecular weight is 384 g/mol. The molecule has 4 nitrogen and oxygen atoms in total. The molecule has 146 valence electrons. The average Bonchev–Trinajstić information content (AvgIpc) is 3.40. The summed E-state index contributed by atoms with van der Waals surface area (Å²) in [5.41, 5.74) is 3.26. The van der Waals surface area contributed by atoms with Gasteiger partial charge in [0.2, 0.25) is 5.91 Å². The number of amides is 1. The smallest absolute Gasteiger partial charge is 0.264 e. The number of pyridine rings is 1. The highest BCUT2D eigenvalue weighted by atomic mass is 19.3. The molecule has 2 aliphatic rings. The van der Waals surface area contributed by atoms with Crippen molar-refractivity contribution >= 4 is 11.5 Å². The molecule has 2 aromatic rings. The van der Waals surface area contributed by atoms with Crippen molar-refractivity contribution in [1.82, 2.24) is 10.3 Å². The highest BCUT2D eigenvalue weighted by Crippen LogP contribution is 2.38. The molecule has 2 N–H and O–H groups in total. The summed E-state index contributed by atoms with van der Waals surface area (Å²) in [7, 11) is 0. The van der Waals surface area contributed by atoms with Crippen LogP contribution >= 0.6 is 0 Å². The van der Waals surface area contributed by atoms with Crippen LogP contribution in [0.25, 0.3) is 5.57 Å². The molecule has 2 heterocycles. The molecule has 4 rings (SSSR count). The minimum Gasteiger partial charge on any atom is -0.350 e. The minimum absolute atomic E-state index is 0.00477. The maximum Gasteiger partial charge on any atom is 0.264 e. The lowest BCUT2D eigenvalue weighted by Crippen LogP contribution is -2.23. The van der Waals surface area contributed by atoms with Gasteiger partial charge in [-0.1, -0.05) is 30.3 Å². The van der Waals surface area contributed by atoms with E-state index in [9.17, 15) is 18.4 Å². The second-order valence-corrected chi connectivity index (χ2v) is 7.60. The number of rotatable bonds is 5. The fourth-order valence-corrected chi connectivity index (χ4v) is 3.75. The van der Waals surface area contributed by atoms with Gasteiger partial charge in [0.15, 0.2) is 0 Å². The SMILES string of the molecule is Cc1cc(/C(=C\[C@H]2CCC(=O)N2)c2ccc(C3CC3)c(=O)[nH]2)ccc1C(F)F. The normalized spacial score (nSPS) is 19.9. The molecule has 0 spiro atoms. The quantitative estimate of drug-likeness (QED) is 0.811. The number of aryl methyl sites for hydroxylation is 1. The molecule has 1 aliphatic heterocycles. The van der Waals surface area contributed by atoms with Gasteiger partial charge in [0, 0.05) is 34.9 Å². The van der Waals surface area contributed by atoms with Crippen molar-refractivity contribution in [2.75, 3.05) is 0 Å². The van der Waals surface area contributed by atoms with Crippen molar-refractivity contribution in [3.63, 3.8) is 0 Å². The molecular weight excluding hydrogens is 362 g/mol. The second kappa shape index (κ2) is 7.34. The topological polar surface area (TPSA) is 62.0 Å². The first-order chi connectivity index (χ1) is 13.4. The Balaban J connectivity index is 1.77. The lowest BCUT2D eigenvalue weighted by atomic mass is 9.95. The predicted octanol–water partition coefficient (Wildman–Crippen LogP) is 4.21. The molecule has 1 atom stereocenters. The molecular formula is C22H22F2N2O2. The number of carbonyl (C=O) groups excluding carboxylic acids is 1. The molecule has 0 bridgehead atoms. The van der Waals surface area contributed by atoms with Gasteiger partial charge in [-0.15, -0.1) is 0 Å². The van der Waals surface area contributed by atoms with Gasteiger partial charge < -0.3 is 10.3 Å². The van der Waals surface area contributed by atoms with Crippen LogP contribution in [0, 0.1) is 6.92 Å². The van der Waals surface area contributed by atoms with Gasteiger partial charge in [-0.2, -0.15) is 0 Å². The van der Waals surface area contributed by atoms with E-state index in [4.69, 9.17) is 0 Å². The first-order valence-corrected chi connectivity index (χ1v) is 9.56. The van der Waals surface area contributed by atoms with Crippen molar-refractivity contribution in [2.24, 2.45) is 0 Å². The maximum absolute atomic E-state index is 13.1. The van der Waals surface area contributed by atoms with Crippen LogP contribution in [-0.4, -0.2) is 16.9 Å². The second-order valence-electron chi connectivity index (χ2n) is 7.60. The largest absolute Gasteiger partial charge is 0.350 e. The molecule has 1 amide bonds. The Morgan fingerprint density at radius 3 is 2.50 bits per heavy atom. The van der Waals surface area contributed by atoms with Gasteiger partial charge in [0.1, 0.15) is 0 Å². The maximum atomic E-state index is 13.1. The first kappa shape index (κ1) is 18.6. The van der Waals surface area contributed by atoms with Gasteiger partial charge in [0.05, 0.1) is 0 Å². The molecule has 1 aromatic carbocycles. The standard InChI is InChI=1S/C22H22F2N2O2/c1-12-10-14(4-6-16(12)21(23)24)18(11-15-5-9-20(27)25-15)19-8-7-17(13-2-3-13)22(28)26-19/h4,6-8,10-11,13,15,21H,2-3,5,9H2,1H3,(H,25,27)(H,26,28)/b18-11+/t15-/m1/s1. The molecule has 0 radical (unpaired) electrons. The predicted molar refractivity (Wildman–Crippen MR) is 103 cm³/mol. The number of carbonyl (C=O) groups is 1. The van der Waals surface area contributed by atoms with Crippen molar-refractivity contribution in [3.8, 4) is 0 Å². The Morgan fingerprint density at radius 1 is 1.14 bits per heavy atom. The molecule has 1 saturated heterocycles. The van der Waals surface area contributed by atoms with E-state index < -0.39 is 6.43 Å². The fraction of sp³-hybridized carbons (Fsp3) is 0.364. The monoisotopic (exact) mass is 384 g/mol. The number of hydrogen-bond acceptors (Lipinski definition) is 2. The van der Waals surface area contributed by atoms with Crippen molar-refractivity contribution in [3.05, 3.63) is 74.7 Å². The molecule has 1 saturated carbocycles. The van der Waals surface area contributed by atoms with Crippen molar-refractivity contribution in [1.29, 1.82) is 0 Å². The highest BCUT2D eigenvalue weighted by molar-refractivity contribution is 5.82. The van der Waals surface area contributed by atoms with Crippen LogP contribution in [0.5, 0.6) is 0 Å². The number of nitrogens with one attached hydrogen (secondary N) is 2. The Bertz CT molecular complexity index is 1010. The number of benzene rings is 1. The van der Waals surface area contributed by atoms with Gasteiger partial charge in [0.25, 0.3) is 12.0 Å². The molecule has 0 unspecified atom stereocenters. The Morgan fingerprint density at radius 2 is 1.93 bits per heavy atom. The summed E-state index contributed by atoms with van der Waals surface area (Å²) in [5, 5.41) is 2.89. The number of aromatic nitrogens is 1. The highest BCUT2D eigenvalue weighted by Gasteiger charge is 2.27. The Hall–Kier alpha value is -2.76. The zero-order chi connectivity index (χ0) is 19.8. The van der Waals surface area contributed by atoms with Crippen LogP contribution < -0.4 is 10.9 Å². The van der Waals surface area contributed by atoms with Gasteiger partial charge >= 0.3 is 0 Å². The van der Waals surface area contributed by atoms with Crippen LogP contribution in [-0.2, 0) is 4.79 Å². The summed E-state index contributed by atoms with van der Waals surface area (Å²) in [6, 6.07) is 8.35. The summed E-state index contributed by atoms with van der Waals surface area (Å²) in [5.74, 6) is 0.328. The van der Waals surface area contributed by atoms with E-state index in [1.54, 1.807) is 19.1 Å². The molecule has 1 aromatic heterocycles. The fourth-order valence-electron chi connectivity index (χ4n) is 3.75. The third-order valence-electron chi connectivity index (χ3n) is 5.46. The number of halogens is 2. The zero-order valence-electron chi connectivity index (χ0n) is 15.6. The van der Waals surface area contributed by atoms with Gasteiger partial charge in [-0.25, -0.2) is 8.78 Å². The van der Waals surface area contributed by atoms with Crippen molar-refractivity contribution in [2.45, 2.75) is 51.0 Å². The summed E-state index contributed by atoms with van der Waals surface area (Å²) in [4.78, 5) is 27.0. The van der Waals surface area contributed by atoms with E-state index in [1.807, 2.05) is 18.2 Å². The van der Waals surface area contributed by atoms with Gasteiger partial charge in [-0.05, 0) is 49.3 Å². The van der Waals surface area contributed by atoms with E-state index in [1.165, 1.54) is 6.07 Å². The summed E-state index contributed by atoms with van der Waals surface area (Å²) in [6.45, 7) is 1.65. The van der Waals surface area contributed by atoms with Gasteiger partial charge in [-0.3, -0.25) is 9.59 Å². The van der Waals surface area contributed by atoms with Crippen LogP contribution in [0.4, 0.5) is 8.78 Å². The minimum atomic E-state index is -2.53. The first-order valence-electron chi connectivity index (χ1n) is 9.56. The number of H-pyrrole nitrogens is 1. The van der Waals surface area contributed by atoms with E-state index in [0.29, 0.717) is 30.0 Å². The molecule has 2 fully saturated rings. The summed E-state index contributed by atoms with van der Waals surface area (Å²) in [6.07, 6.45) is 2.56. The van der Waals surface area contributed by atoms with E-state index in [0.717, 1.165) is 29.5 Å². The van der Waals surface area contributed by atoms with Crippen LogP contribution in [0.1, 0.15) is 66.0 Å². The molecule has 28 heavy (non-hydrogen) atoms. The van der Waals surface area contributed by atoms with E-state index in [-0.39, 0.29) is 23.1 Å². The summed E-state index contributed by atoms with van der Waals surface area (Å²) < 4.78 is 26.2. The number of alkyl halides is 2. The van der Waals surface area contributed by atoms with Crippen LogP contribution in [0.3, 0.4) is 0 Å². The zero-order valence-corrected chi connectivity index (χ0v) is 15.6. The lowest BCUT2D eigenvalue weighted by molar-refractivity contribution is -0.119. The van der Waals surface area contributed by atoms with Crippen molar-refractivity contribution < 1.29 is 13.6 Å². The van der Waals surface area contributed by atoms with Crippen LogP contribution in [0.15, 0.2) is 41.2 Å². The summed E-state index contributed by atoms with van der Waals surface area (Å²) >= 11 is 0. The van der Waals surface area contributed by atoms with Crippen LogP contribution in [0.2, 0.25) is 0 Å². The Kier molecular flexibility index (Phi) is 4.87. The van der Waals surface area contributed by atoms with E-state index in [2.05, 4.69) is 10.3 Å². The number of aromatic amines is 1. The number of hydrogen-bond donors (Lipinski definition) is 2. The molecule has 6 heteroatoms. The van der Waals surface area contributed by atoms with E-state index >= 15 is 0 Å². The molecule has 1 aliphatic carbocycles. The third-order valence-corrected chi connectivity index (χ3v) is 5.46.